The minimum Gasteiger partial charge on any atom is -0.487 e. The normalized spacial score (nSPS) is 24.0. The number of nitrogens with zero attached hydrogens (tertiary/aromatic N) is 2. The fraction of sp³-hybridized carbons (Fsp3) is 0.333. The molecule has 1 radical (unpaired) electrons. The number of likely N-dealkylation sites (tertiary alicyclic amines) is 1. The number of aromatic nitrogens is 2. The molecule has 1 aromatic carbocycles. The molecule has 1 aliphatic carbocycles. The second-order valence-corrected chi connectivity index (χ2v) is 7.19. The molecule has 0 spiro atoms. The summed E-state index contributed by atoms with van der Waals surface area (Å²) in [5.74, 6) is 1.56. The zero-order chi connectivity index (χ0) is 16.8. The molecule has 0 amide bonds. The molecule has 5 rings (SSSR count). The first-order valence-corrected chi connectivity index (χ1v) is 9.05. The molecule has 2 fully saturated rings. The zero-order valence-corrected chi connectivity index (χ0v) is 14.2. The number of nitrogens with one attached hydrogen (secondary N) is 1. The van der Waals surface area contributed by atoms with Crippen molar-refractivity contribution in [3.8, 4) is 5.75 Å². The van der Waals surface area contributed by atoms with Crippen LogP contribution in [-0.4, -0.2) is 27.5 Å². The first-order chi connectivity index (χ1) is 12.3. The number of fused-ring (bicyclic) bond motifs is 1. The first-order valence-electron chi connectivity index (χ1n) is 9.05. The summed E-state index contributed by atoms with van der Waals surface area (Å²) in [4.78, 5) is 9.76. The molecule has 3 aromatic rings. The van der Waals surface area contributed by atoms with Gasteiger partial charge >= 0.3 is 0 Å². The summed E-state index contributed by atoms with van der Waals surface area (Å²) >= 11 is 0. The Morgan fingerprint density at radius 2 is 1.96 bits per heavy atom. The Labute approximate surface area is 147 Å². The molecule has 2 aliphatic rings. The summed E-state index contributed by atoms with van der Waals surface area (Å²) in [5, 5.41) is 1.08. The van der Waals surface area contributed by atoms with Crippen molar-refractivity contribution < 1.29 is 4.74 Å². The van der Waals surface area contributed by atoms with Gasteiger partial charge in [-0.05, 0) is 48.4 Å². The standard InChI is InChI=1S/C21H22N3O/c1-24-11-9-19(25-16-12-15-8-10-22-21(15)23-13-16)20(24)18-5-3-2-4-17(18)14-6-7-14/h2-5,8,10,12-14,19-20H,1,6-7,9,11H2,(H,22,23). The number of hydrogen-bond acceptors (Lipinski definition) is 3. The zero-order valence-electron chi connectivity index (χ0n) is 14.2. The highest BCUT2D eigenvalue weighted by atomic mass is 16.5. The van der Waals surface area contributed by atoms with Crippen LogP contribution in [0.2, 0.25) is 0 Å². The topological polar surface area (TPSA) is 41.1 Å². The summed E-state index contributed by atoms with van der Waals surface area (Å²) in [5.41, 5.74) is 3.77. The third-order valence-corrected chi connectivity index (χ3v) is 5.44. The first kappa shape index (κ1) is 15.0. The van der Waals surface area contributed by atoms with Gasteiger partial charge in [-0.3, -0.25) is 4.90 Å². The van der Waals surface area contributed by atoms with Crippen LogP contribution in [0.4, 0.5) is 0 Å². The molecular weight excluding hydrogens is 310 g/mol. The molecule has 2 atom stereocenters. The Morgan fingerprint density at radius 1 is 1.12 bits per heavy atom. The van der Waals surface area contributed by atoms with Crippen molar-refractivity contribution in [3.63, 3.8) is 0 Å². The Kier molecular flexibility index (Phi) is 3.52. The number of pyridine rings is 1. The molecule has 127 valence electrons. The summed E-state index contributed by atoms with van der Waals surface area (Å²) in [7, 11) is 4.28. The monoisotopic (exact) mass is 332 g/mol. The minimum absolute atomic E-state index is 0.107. The van der Waals surface area contributed by atoms with Crippen LogP contribution in [0.5, 0.6) is 5.75 Å². The summed E-state index contributed by atoms with van der Waals surface area (Å²) in [6, 6.07) is 13.1. The Balaban J connectivity index is 1.46. The molecule has 1 aliphatic heterocycles. The van der Waals surface area contributed by atoms with Crippen LogP contribution in [0.25, 0.3) is 11.0 Å². The van der Waals surface area contributed by atoms with Crippen LogP contribution in [0.3, 0.4) is 0 Å². The molecular formula is C21H22N3O. The second-order valence-electron chi connectivity index (χ2n) is 7.19. The second kappa shape index (κ2) is 5.88. The van der Waals surface area contributed by atoms with Crippen LogP contribution >= 0.6 is 0 Å². The number of H-pyrrole nitrogens is 1. The van der Waals surface area contributed by atoms with E-state index in [2.05, 4.69) is 52.2 Å². The highest BCUT2D eigenvalue weighted by Gasteiger charge is 2.38. The molecule has 25 heavy (non-hydrogen) atoms. The Hall–Kier alpha value is -2.33. The van der Waals surface area contributed by atoms with Crippen molar-refractivity contribution in [2.24, 2.45) is 0 Å². The van der Waals surface area contributed by atoms with Crippen molar-refractivity contribution >= 4 is 11.0 Å². The molecule has 1 saturated heterocycles. The van der Waals surface area contributed by atoms with Crippen LogP contribution in [-0.2, 0) is 0 Å². The van der Waals surface area contributed by atoms with E-state index in [1.807, 2.05) is 18.5 Å². The average molecular weight is 332 g/mol. The van der Waals surface area contributed by atoms with Crippen LogP contribution in [0.15, 0.2) is 48.8 Å². The van der Waals surface area contributed by atoms with E-state index in [0.29, 0.717) is 0 Å². The predicted molar refractivity (Wildman–Crippen MR) is 98.3 cm³/mol. The third kappa shape index (κ3) is 2.71. The number of rotatable bonds is 4. The lowest BCUT2D eigenvalue weighted by Gasteiger charge is -2.28. The van der Waals surface area contributed by atoms with Gasteiger partial charge in [-0.25, -0.2) is 4.98 Å². The number of benzene rings is 1. The van der Waals surface area contributed by atoms with E-state index >= 15 is 0 Å². The van der Waals surface area contributed by atoms with E-state index in [4.69, 9.17) is 4.74 Å². The molecule has 1 saturated carbocycles. The highest BCUT2D eigenvalue weighted by Crippen LogP contribution is 2.46. The van der Waals surface area contributed by atoms with Gasteiger partial charge in [-0.15, -0.1) is 0 Å². The summed E-state index contributed by atoms with van der Waals surface area (Å²) in [6.07, 6.45) is 7.42. The van der Waals surface area contributed by atoms with Crippen LogP contribution in [0, 0.1) is 7.05 Å². The lowest BCUT2D eigenvalue weighted by atomic mass is 9.94. The summed E-state index contributed by atoms with van der Waals surface area (Å²) in [6.45, 7) is 0.953. The number of hydrogen-bond donors (Lipinski definition) is 1. The fourth-order valence-electron chi connectivity index (χ4n) is 4.05. The van der Waals surface area contributed by atoms with Gasteiger partial charge in [0.2, 0.25) is 0 Å². The Bertz CT molecular complexity index is 899. The molecule has 3 heterocycles. The maximum atomic E-state index is 6.39. The van der Waals surface area contributed by atoms with Gasteiger partial charge in [0.25, 0.3) is 0 Å². The van der Waals surface area contributed by atoms with Crippen molar-refractivity contribution in [1.29, 1.82) is 0 Å². The minimum atomic E-state index is 0.107. The molecule has 2 unspecified atom stereocenters. The quantitative estimate of drug-likeness (QED) is 0.768. The van der Waals surface area contributed by atoms with Crippen molar-refractivity contribution in [1.82, 2.24) is 14.9 Å². The van der Waals surface area contributed by atoms with E-state index in [9.17, 15) is 0 Å². The van der Waals surface area contributed by atoms with Gasteiger partial charge in [0.05, 0.1) is 12.2 Å². The summed E-state index contributed by atoms with van der Waals surface area (Å²) < 4.78 is 6.39. The van der Waals surface area contributed by atoms with E-state index in [1.54, 1.807) is 0 Å². The molecule has 2 aromatic heterocycles. The smallest absolute Gasteiger partial charge is 0.138 e. The fourth-order valence-corrected chi connectivity index (χ4v) is 4.05. The molecule has 0 bridgehead atoms. The molecule has 1 N–H and O–H groups in total. The highest BCUT2D eigenvalue weighted by molar-refractivity contribution is 5.76. The van der Waals surface area contributed by atoms with Gasteiger partial charge in [0.1, 0.15) is 17.5 Å². The van der Waals surface area contributed by atoms with Crippen LogP contribution < -0.4 is 4.74 Å². The van der Waals surface area contributed by atoms with Gasteiger partial charge in [0, 0.05) is 25.2 Å². The van der Waals surface area contributed by atoms with Crippen LogP contribution in [0.1, 0.15) is 42.3 Å². The van der Waals surface area contributed by atoms with Crippen molar-refractivity contribution in [2.45, 2.75) is 37.3 Å². The van der Waals surface area contributed by atoms with Gasteiger partial charge < -0.3 is 9.72 Å². The van der Waals surface area contributed by atoms with Gasteiger partial charge in [-0.1, -0.05) is 24.3 Å². The predicted octanol–water partition coefficient (Wildman–Crippen LogP) is 4.43. The van der Waals surface area contributed by atoms with E-state index in [0.717, 1.165) is 35.7 Å². The number of ether oxygens (including phenoxy) is 1. The maximum absolute atomic E-state index is 6.39. The maximum Gasteiger partial charge on any atom is 0.138 e. The largest absolute Gasteiger partial charge is 0.487 e. The van der Waals surface area contributed by atoms with E-state index < -0.39 is 0 Å². The van der Waals surface area contributed by atoms with Crippen molar-refractivity contribution in [2.75, 3.05) is 6.54 Å². The lowest BCUT2D eigenvalue weighted by molar-refractivity contribution is 0.156. The SMILES string of the molecule is [CH2]N1CCC(Oc2cnc3[nH]ccc3c2)C1c1ccccc1C1CC1. The molecule has 4 heteroatoms. The van der Waals surface area contributed by atoms with Gasteiger partial charge in [-0.2, -0.15) is 0 Å². The third-order valence-electron chi connectivity index (χ3n) is 5.44. The van der Waals surface area contributed by atoms with E-state index in [-0.39, 0.29) is 12.1 Å². The van der Waals surface area contributed by atoms with Gasteiger partial charge in [0.15, 0.2) is 0 Å². The van der Waals surface area contributed by atoms with E-state index in [1.165, 1.54) is 24.0 Å². The average Bonchev–Trinajstić information content (AvgIpc) is 3.27. The lowest BCUT2D eigenvalue weighted by Crippen LogP contribution is -2.27. The van der Waals surface area contributed by atoms with Crippen molar-refractivity contribution in [3.05, 3.63) is 67.0 Å². The molecule has 4 nitrogen and oxygen atoms in total. The Morgan fingerprint density at radius 3 is 2.80 bits per heavy atom. The number of aromatic amines is 1.